The van der Waals surface area contributed by atoms with Gasteiger partial charge in [-0.15, -0.1) is 0 Å². The number of nitrogens with zero attached hydrogens (tertiary/aromatic N) is 4. The van der Waals surface area contributed by atoms with E-state index in [1.807, 2.05) is 0 Å². The number of nitrogens with two attached hydrogens (primary N) is 1. The number of aliphatic imine (C=N–C) groups is 2. The number of rotatable bonds is 6. The van der Waals surface area contributed by atoms with Crippen LogP contribution in [0.2, 0.25) is 0 Å². The zero-order valence-electron chi connectivity index (χ0n) is 20.8. The summed E-state index contributed by atoms with van der Waals surface area (Å²) < 4.78 is 2.16. The Morgan fingerprint density at radius 1 is 1.25 bits per heavy atom. The highest BCUT2D eigenvalue weighted by Gasteiger charge is 2.31. The SMILES string of the molecule is CCn1nc(C(C)=NC(=NC)c2cc(C)c(CCC(=N)N)c(C)c2)c2c1CC(C)(C)CC2. The Balaban J connectivity index is 1.96. The van der Waals surface area contributed by atoms with Crippen LogP contribution in [-0.2, 0) is 25.8 Å². The number of hydrogen-bond donors (Lipinski definition) is 2. The number of benzene rings is 1. The van der Waals surface area contributed by atoms with Gasteiger partial charge in [0.25, 0.3) is 0 Å². The molecule has 32 heavy (non-hydrogen) atoms. The van der Waals surface area contributed by atoms with Gasteiger partial charge in [-0.3, -0.25) is 15.1 Å². The van der Waals surface area contributed by atoms with Crippen molar-refractivity contribution >= 4 is 17.4 Å². The fourth-order valence-corrected chi connectivity index (χ4v) is 4.78. The van der Waals surface area contributed by atoms with Gasteiger partial charge in [-0.25, -0.2) is 4.99 Å². The molecule has 0 radical (unpaired) electrons. The zero-order chi connectivity index (χ0) is 23.6. The van der Waals surface area contributed by atoms with Crippen LogP contribution in [0.5, 0.6) is 0 Å². The fourth-order valence-electron chi connectivity index (χ4n) is 4.78. The maximum absolute atomic E-state index is 7.52. The van der Waals surface area contributed by atoms with Crippen LogP contribution in [0.1, 0.15) is 79.7 Å². The number of aromatic nitrogens is 2. The van der Waals surface area contributed by atoms with Crippen molar-refractivity contribution in [2.75, 3.05) is 7.05 Å². The van der Waals surface area contributed by atoms with Gasteiger partial charge in [0, 0.05) is 36.8 Å². The predicted octanol–water partition coefficient (Wildman–Crippen LogP) is 4.79. The number of fused-ring (bicyclic) bond motifs is 1. The van der Waals surface area contributed by atoms with E-state index in [1.165, 1.54) is 34.4 Å². The van der Waals surface area contributed by atoms with Crippen LogP contribution in [0, 0.1) is 24.7 Å². The van der Waals surface area contributed by atoms with Gasteiger partial charge in [0.2, 0.25) is 0 Å². The van der Waals surface area contributed by atoms with E-state index in [0.717, 1.165) is 48.6 Å². The molecule has 1 aromatic carbocycles. The molecule has 0 atom stereocenters. The van der Waals surface area contributed by atoms with Gasteiger partial charge in [0.15, 0.2) is 5.84 Å². The molecule has 0 spiro atoms. The minimum Gasteiger partial charge on any atom is -0.388 e. The minimum atomic E-state index is 0.224. The molecule has 0 unspecified atom stereocenters. The second kappa shape index (κ2) is 9.39. The lowest BCUT2D eigenvalue weighted by Crippen LogP contribution is -2.24. The number of nitrogens with one attached hydrogen (secondary N) is 1. The molecule has 0 bridgehead atoms. The van der Waals surface area contributed by atoms with Crippen LogP contribution in [-0.4, -0.2) is 34.2 Å². The van der Waals surface area contributed by atoms with Crippen LogP contribution in [0.3, 0.4) is 0 Å². The van der Waals surface area contributed by atoms with Crippen molar-refractivity contribution in [2.45, 2.75) is 80.2 Å². The van der Waals surface area contributed by atoms with E-state index < -0.39 is 0 Å². The Labute approximate surface area is 192 Å². The Morgan fingerprint density at radius 2 is 1.91 bits per heavy atom. The molecule has 1 aromatic heterocycles. The molecule has 2 aromatic rings. The average Bonchev–Trinajstić information content (AvgIpc) is 3.07. The molecule has 0 saturated heterocycles. The molecule has 1 heterocycles. The molecule has 0 amide bonds. The highest BCUT2D eigenvalue weighted by atomic mass is 15.3. The first-order chi connectivity index (χ1) is 15.1. The molecular weight excluding hydrogens is 396 g/mol. The van der Waals surface area contributed by atoms with Gasteiger partial charge in [0.1, 0.15) is 5.69 Å². The average molecular weight is 435 g/mol. The molecule has 1 aliphatic rings. The molecule has 1 aliphatic carbocycles. The summed E-state index contributed by atoms with van der Waals surface area (Å²) in [4.78, 5) is 9.46. The topological polar surface area (TPSA) is 92.4 Å². The summed E-state index contributed by atoms with van der Waals surface area (Å²) in [6, 6.07) is 4.29. The first-order valence-electron chi connectivity index (χ1n) is 11.6. The summed E-state index contributed by atoms with van der Waals surface area (Å²) in [5.74, 6) is 0.949. The lowest BCUT2D eigenvalue weighted by atomic mass is 9.76. The van der Waals surface area contributed by atoms with E-state index in [-0.39, 0.29) is 5.84 Å². The van der Waals surface area contributed by atoms with Crippen molar-refractivity contribution in [2.24, 2.45) is 21.1 Å². The Bertz CT molecular complexity index is 1060. The third kappa shape index (κ3) is 5.00. The molecule has 0 fully saturated rings. The largest absolute Gasteiger partial charge is 0.388 e. The fraction of sp³-hybridized carbons (Fsp3) is 0.538. The number of hydrogen-bond acceptors (Lipinski definition) is 3. The van der Waals surface area contributed by atoms with Gasteiger partial charge >= 0.3 is 0 Å². The normalized spacial score (nSPS) is 16.2. The predicted molar refractivity (Wildman–Crippen MR) is 135 cm³/mol. The van der Waals surface area contributed by atoms with Crippen LogP contribution < -0.4 is 5.73 Å². The lowest BCUT2D eigenvalue weighted by molar-refractivity contribution is 0.304. The Morgan fingerprint density at radius 3 is 2.47 bits per heavy atom. The minimum absolute atomic E-state index is 0.224. The molecular formula is C26H38N6. The van der Waals surface area contributed by atoms with Crippen molar-refractivity contribution in [3.8, 4) is 0 Å². The molecule has 0 aliphatic heterocycles. The second-order valence-corrected chi connectivity index (χ2v) is 9.79. The first kappa shape index (κ1) is 23.9. The quantitative estimate of drug-likeness (QED) is 0.505. The van der Waals surface area contributed by atoms with Crippen molar-refractivity contribution in [3.63, 3.8) is 0 Å². The van der Waals surface area contributed by atoms with E-state index in [9.17, 15) is 0 Å². The van der Waals surface area contributed by atoms with Crippen LogP contribution in [0.25, 0.3) is 0 Å². The number of aryl methyl sites for hydroxylation is 3. The third-order valence-corrected chi connectivity index (χ3v) is 6.59. The molecule has 0 saturated carbocycles. The highest BCUT2D eigenvalue weighted by Crippen LogP contribution is 2.36. The van der Waals surface area contributed by atoms with Gasteiger partial charge in [-0.2, -0.15) is 5.10 Å². The third-order valence-electron chi connectivity index (χ3n) is 6.59. The summed E-state index contributed by atoms with van der Waals surface area (Å²) in [5, 5.41) is 12.5. The van der Waals surface area contributed by atoms with Gasteiger partial charge < -0.3 is 5.73 Å². The lowest BCUT2D eigenvalue weighted by Gasteiger charge is -2.30. The van der Waals surface area contributed by atoms with Crippen LogP contribution >= 0.6 is 0 Å². The van der Waals surface area contributed by atoms with Crippen LogP contribution in [0.4, 0.5) is 0 Å². The molecule has 6 nitrogen and oxygen atoms in total. The van der Waals surface area contributed by atoms with Crippen molar-refractivity contribution in [1.82, 2.24) is 9.78 Å². The monoisotopic (exact) mass is 434 g/mol. The van der Waals surface area contributed by atoms with E-state index in [2.05, 4.69) is 63.3 Å². The Kier molecular flexibility index (Phi) is 7.01. The van der Waals surface area contributed by atoms with Crippen molar-refractivity contribution < 1.29 is 0 Å². The van der Waals surface area contributed by atoms with E-state index in [0.29, 0.717) is 11.8 Å². The molecule has 6 heteroatoms. The Hall–Kier alpha value is -2.76. The summed E-state index contributed by atoms with van der Waals surface area (Å²) in [6.07, 6.45) is 4.64. The first-order valence-corrected chi connectivity index (χ1v) is 11.6. The molecule has 172 valence electrons. The maximum Gasteiger partial charge on any atom is 0.154 e. The second-order valence-electron chi connectivity index (χ2n) is 9.79. The molecule has 3 N–H and O–H groups in total. The number of amidine groups is 2. The van der Waals surface area contributed by atoms with Crippen molar-refractivity contribution in [1.29, 1.82) is 5.41 Å². The zero-order valence-corrected chi connectivity index (χ0v) is 20.8. The summed E-state index contributed by atoms with van der Waals surface area (Å²) in [6.45, 7) is 14.0. The van der Waals surface area contributed by atoms with Crippen molar-refractivity contribution in [3.05, 3.63) is 51.3 Å². The summed E-state index contributed by atoms with van der Waals surface area (Å²) >= 11 is 0. The van der Waals surface area contributed by atoms with E-state index >= 15 is 0 Å². The van der Waals surface area contributed by atoms with Crippen LogP contribution in [0.15, 0.2) is 22.1 Å². The van der Waals surface area contributed by atoms with E-state index in [1.54, 1.807) is 7.05 Å². The smallest absolute Gasteiger partial charge is 0.154 e. The summed E-state index contributed by atoms with van der Waals surface area (Å²) in [5.41, 5.74) is 15.2. The maximum atomic E-state index is 7.52. The van der Waals surface area contributed by atoms with Gasteiger partial charge in [0.05, 0.1) is 11.5 Å². The molecule has 3 rings (SSSR count). The highest BCUT2D eigenvalue weighted by molar-refractivity contribution is 6.11. The standard InChI is InChI=1S/C26H38N6/c1-8-32-22-15-26(5,6)12-11-21(22)24(31-32)18(4)30-25(29-7)19-13-16(2)20(17(3)14-19)9-10-23(27)28/h13-14H,8-12,15H2,1-7H3,(H3,27,28). The van der Waals surface area contributed by atoms with Gasteiger partial charge in [-0.05, 0) is 87.6 Å². The summed E-state index contributed by atoms with van der Waals surface area (Å²) in [7, 11) is 1.79. The van der Waals surface area contributed by atoms with Gasteiger partial charge in [-0.1, -0.05) is 13.8 Å². The van der Waals surface area contributed by atoms with E-state index in [4.69, 9.17) is 21.2 Å².